The Kier molecular flexibility index (Phi) is 6.65. The Labute approximate surface area is 179 Å². The van der Waals surface area contributed by atoms with E-state index < -0.39 is 17.6 Å². The van der Waals surface area contributed by atoms with Crippen molar-refractivity contribution in [3.8, 4) is 0 Å². The molecule has 2 atom stereocenters. The van der Waals surface area contributed by atoms with E-state index in [-0.39, 0.29) is 36.0 Å². The first-order valence-corrected chi connectivity index (χ1v) is 11.0. The van der Waals surface area contributed by atoms with Crippen molar-refractivity contribution >= 4 is 18.0 Å². The number of likely N-dealkylation sites (N-methyl/N-ethyl adjacent to an activating group) is 1. The Morgan fingerprint density at radius 3 is 2.30 bits per heavy atom. The van der Waals surface area contributed by atoms with Gasteiger partial charge in [-0.25, -0.2) is 9.59 Å². The van der Waals surface area contributed by atoms with Crippen LogP contribution in [0, 0.1) is 11.3 Å². The minimum atomic E-state index is -0.720. The molecular weight excluding hydrogens is 388 g/mol. The van der Waals surface area contributed by atoms with Gasteiger partial charge in [-0.1, -0.05) is 0 Å². The number of methoxy groups -OCH3 is 1. The van der Waals surface area contributed by atoms with E-state index in [1.807, 2.05) is 20.8 Å². The summed E-state index contributed by atoms with van der Waals surface area (Å²) in [5, 5.41) is 0. The first-order valence-electron chi connectivity index (χ1n) is 11.0. The van der Waals surface area contributed by atoms with Crippen LogP contribution in [0.15, 0.2) is 0 Å². The number of hydrogen-bond acceptors (Lipinski definition) is 6. The van der Waals surface area contributed by atoms with Gasteiger partial charge in [0.05, 0.1) is 19.8 Å². The third kappa shape index (κ3) is 5.07. The number of rotatable bonds is 6. The summed E-state index contributed by atoms with van der Waals surface area (Å²) in [5.41, 5.74) is -0.586. The lowest BCUT2D eigenvalue weighted by Crippen LogP contribution is -2.48. The molecule has 0 radical (unpaired) electrons. The number of carbonyl (C=O) groups excluding carboxylic acids is 3. The molecule has 2 saturated carbocycles. The summed E-state index contributed by atoms with van der Waals surface area (Å²) >= 11 is 0. The number of hydrogen-bond donors (Lipinski definition) is 0. The van der Waals surface area contributed by atoms with Gasteiger partial charge in [-0.15, -0.1) is 0 Å². The molecule has 8 heteroatoms. The second-order valence-corrected chi connectivity index (χ2v) is 9.96. The minimum absolute atomic E-state index is 0.0340. The van der Waals surface area contributed by atoms with Crippen LogP contribution >= 0.6 is 0 Å². The predicted octanol–water partition coefficient (Wildman–Crippen LogP) is 2.59. The van der Waals surface area contributed by atoms with Crippen molar-refractivity contribution in [2.75, 3.05) is 33.9 Å². The van der Waals surface area contributed by atoms with Gasteiger partial charge in [0.25, 0.3) is 0 Å². The predicted molar refractivity (Wildman–Crippen MR) is 110 cm³/mol. The normalized spacial score (nSPS) is 24.0. The number of likely N-dealkylation sites (tertiary alicyclic amines) is 1. The van der Waals surface area contributed by atoms with Gasteiger partial charge in [0, 0.05) is 26.1 Å². The van der Waals surface area contributed by atoms with E-state index in [1.165, 1.54) is 12.0 Å². The highest BCUT2D eigenvalue weighted by atomic mass is 16.6. The summed E-state index contributed by atoms with van der Waals surface area (Å²) in [6, 6.07) is -0.720. The van der Waals surface area contributed by atoms with Crippen molar-refractivity contribution in [2.45, 2.75) is 77.0 Å². The van der Waals surface area contributed by atoms with Crippen molar-refractivity contribution in [1.29, 1.82) is 0 Å². The molecular formula is C22H36N2O6. The van der Waals surface area contributed by atoms with E-state index >= 15 is 0 Å². The summed E-state index contributed by atoms with van der Waals surface area (Å²) < 4.78 is 16.2. The molecule has 1 aliphatic heterocycles. The molecule has 2 aliphatic carbocycles. The second-order valence-electron chi connectivity index (χ2n) is 9.96. The molecule has 2 amide bonds. The van der Waals surface area contributed by atoms with Crippen LogP contribution in [-0.4, -0.2) is 79.4 Å². The zero-order chi connectivity index (χ0) is 22.1. The molecule has 1 heterocycles. The van der Waals surface area contributed by atoms with Gasteiger partial charge in [0.2, 0.25) is 5.91 Å². The number of ether oxygens (including phenoxy) is 3. The van der Waals surface area contributed by atoms with Crippen LogP contribution < -0.4 is 0 Å². The fourth-order valence-electron chi connectivity index (χ4n) is 4.35. The van der Waals surface area contributed by atoms with Gasteiger partial charge >= 0.3 is 12.1 Å². The largest absolute Gasteiger partial charge is 0.467 e. The van der Waals surface area contributed by atoms with Crippen LogP contribution in [0.1, 0.15) is 59.3 Å². The molecule has 0 N–H and O–H groups in total. The molecule has 0 bridgehead atoms. The first kappa shape index (κ1) is 22.8. The van der Waals surface area contributed by atoms with Crippen molar-refractivity contribution in [3.63, 3.8) is 0 Å². The fourth-order valence-corrected chi connectivity index (χ4v) is 4.35. The molecule has 3 rings (SSSR count). The van der Waals surface area contributed by atoms with Crippen LogP contribution in [0.5, 0.6) is 0 Å². The van der Waals surface area contributed by atoms with Crippen LogP contribution in [0.2, 0.25) is 0 Å². The molecule has 1 saturated heterocycles. The summed E-state index contributed by atoms with van der Waals surface area (Å²) in [6.07, 6.45) is 5.40. The Bertz CT molecular complexity index is 661. The minimum Gasteiger partial charge on any atom is -0.467 e. The SMILES string of the molecule is COC(=O)C(COC1CCC1)N(C)C(=O)C1CC12CCN(C(=O)OC(C)(C)C)CC2. The third-order valence-electron chi connectivity index (χ3n) is 6.73. The van der Waals surface area contributed by atoms with Gasteiger partial charge < -0.3 is 24.0 Å². The zero-order valence-corrected chi connectivity index (χ0v) is 18.9. The lowest BCUT2D eigenvalue weighted by molar-refractivity contribution is -0.157. The van der Waals surface area contributed by atoms with Gasteiger partial charge in [0.1, 0.15) is 5.60 Å². The molecule has 0 aromatic rings. The highest BCUT2D eigenvalue weighted by Crippen LogP contribution is 2.60. The Balaban J connectivity index is 1.53. The molecule has 3 aliphatic rings. The number of esters is 1. The van der Waals surface area contributed by atoms with Crippen molar-refractivity contribution < 1.29 is 28.6 Å². The average molecular weight is 425 g/mol. The van der Waals surface area contributed by atoms with E-state index in [2.05, 4.69) is 0 Å². The lowest BCUT2D eigenvalue weighted by Gasteiger charge is -2.35. The van der Waals surface area contributed by atoms with Crippen LogP contribution in [0.4, 0.5) is 4.79 Å². The lowest BCUT2D eigenvalue weighted by atomic mass is 9.90. The van der Waals surface area contributed by atoms with Gasteiger partial charge in [-0.3, -0.25) is 4.79 Å². The molecule has 8 nitrogen and oxygen atoms in total. The smallest absolute Gasteiger partial charge is 0.410 e. The number of amides is 2. The van der Waals surface area contributed by atoms with E-state index in [1.54, 1.807) is 11.9 Å². The van der Waals surface area contributed by atoms with Crippen molar-refractivity contribution in [2.24, 2.45) is 11.3 Å². The fraction of sp³-hybridized carbons (Fsp3) is 0.864. The zero-order valence-electron chi connectivity index (χ0n) is 18.9. The summed E-state index contributed by atoms with van der Waals surface area (Å²) in [7, 11) is 3.00. The maximum atomic E-state index is 13.1. The molecule has 1 spiro atoms. The molecule has 170 valence electrons. The standard InChI is InChI=1S/C22H36N2O6/c1-21(2,3)30-20(27)24-11-9-22(10-12-24)13-16(22)18(25)23(4)17(19(26)28-5)14-29-15-7-6-8-15/h15-17H,6-14H2,1-5H3. The maximum absolute atomic E-state index is 13.1. The van der Waals surface area contributed by atoms with Crippen LogP contribution in [0.3, 0.4) is 0 Å². The third-order valence-corrected chi connectivity index (χ3v) is 6.73. The van der Waals surface area contributed by atoms with E-state index in [9.17, 15) is 14.4 Å². The second kappa shape index (κ2) is 8.73. The van der Waals surface area contributed by atoms with Gasteiger partial charge in [-0.2, -0.15) is 0 Å². The first-order chi connectivity index (χ1) is 14.1. The van der Waals surface area contributed by atoms with Gasteiger partial charge in [0.15, 0.2) is 6.04 Å². The average Bonchev–Trinajstić information content (AvgIpc) is 3.34. The van der Waals surface area contributed by atoms with Crippen molar-refractivity contribution in [1.82, 2.24) is 9.80 Å². The molecule has 2 unspecified atom stereocenters. The number of carbonyl (C=O) groups is 3. The van der Waals surface area contributed by atoms with Crippen molar-refractivity contribution in [3.05, 3.63) is 0 Å². The topological polar surface area (TPSA) is 85.4 Å². The van der Waals surface area contributed by atoms with E-state index in [0.717, 1.165) is 38.5 Å². The highest BCUT2D eigenvalue weighted by molar-refractivity contribution is 5.88. The van der Waals surface area contributed by atoms with E-state index in [4.69, 9.17) is 14.2 Å². The van der Waals surface area contributed by atoms with Gasteiger partial charge in [-0.05, 0) is 64.7 Å². The Morgan fingerprint density at radius 2 is 1.80 bits per heavy atom. The number of piperidine rings is 1. The Hall–Kier alpha value is -1.83. The molecule has 30 heavy (non-hydrogen) atoms. The monoisotopic (exact) mass is 424 g/mol. The van der Waals surface area contributed by atoms with E-state index in [0.29, 0.717) is 13.1 Å². The molecule has 0 aromatic carbocycles. The quantitative estimate of drug-likeness (QED) is 0.610. The Morgan fingerprint density at radius 1 is 1.17 bits per heavy atom. The summed E-state index contributed by atoms with van der Waals surface area (Å²) in [6.45, 7) is 6.92. The maximum Gasteiger partial charge on any atom is 0.410 e. The summed E-state index contributed by atoms with van der Waals surface area (Å²) in [4.78, 5) is 40.9. The molecule has 3 fully saturated rings. The number of nitrogens with zero attached hydrogens (tertiary/aromatic N) is 2. The summed E-state index contributed by atoms with van der Waals surface area (Å²) in [5.74, 6) is -0.591. The molecule has 0 aromatic heterocycles. The van der Waals surface area contributed by atoms with Crippen LogP contribution in [-0.2, 0) is 23.8 Å². The van der Waals surface area contributed by atoms with Crippen LogP contribution in [0.25, 0.3) is 0 Å². The highest BCUT2D eigenvalue weighted by Gasteiger charge is 2.60.